The van der Waals surface area contributed by atoms with Crippen molar-refractivity contribution in [2.75, 3.05) is 0 Å². The van der Waals surface area contributed by atoms with Crippen LogP contribution < -0.4 is 5.32 Å². The van der Waals surface area contributed by atoms with Crippen molar-refractivity contribution < 1.29 is 0 Å². The maximum atomic E-state index is 3.60. The smallest absolute Gasteiger partial charge is 0.0380 e. The maximum Gasteiger partial charge on any atom is 0.0380 e. The molecule has 0 unspecified atom stereocenters. The molecule has 2 aromatic rings. The lowest BCUT2D eigenvalue weighted by atomic mass is 9.94. The Hall–Kier alpha value is -1.12. The monoisotopic (exact) mass is 303 g/mol. The average molecular weight is 304 g/mol. The highest BCUT2D eigenvalue weighted by molar-refractivity contribution is 9.10. The van der Waals surface area contributed by atoms with E-state index in [1.54, 1.807) is 0 Å². The Morgan fingerprint density at radius 1 is 1.00 bits per heavy atom. The van der Waals surface area contributed by atoms with E-state index >= 15 is 0 Å². The molecule has 0 saturated heterocycles. The fourth-order valence-corrected chi connectivity index (χ4v) is 2.30. The van der Waals surface area contributed by atoms with Crippen molar-refractivity contribution in [3.05, 3.63) is 70.2 Å². The molecule has 0 atom stereocenters. The Labute approximate surface area is 117 Å². The van der Waals surface area contributed by atoms with Gasteiger partial charge in [0.05, 0.1) is 0 Å². The van der Waals surface area contributed by atoms with Gasteiger partial charge in [-0.2, -0.15) is 0 Å². The fraction of sp³-hybridized carbons (Fsp3) is 0.250. The lowest BCUT2D eigenvalue weighted by molar-refractivity contribution is 0.401. The molecule has 1 N–H and O–H groups in total. The molecule has 0 spiro atoms. The van der Waals surface area contributed by atoms with Gasteiger partial charge in [-0.1, -0.05) is 58.4 Å². The van der Waals surface area contributed by atoms with Crippen LogP contribution in [0.4, 0.5) is 0 Å². The first kappa shape index (κ1) is 13.3. The summed E-state index contributed by atoms with van der Waals surface area (Å²) in [5.74, 6) is 0. The average Bonchev–Trinajstić information content (AvgIpc) is 2.38. The Kier molecular flexibility index (Phi) is 4.20. The molecule has 2 rings (SSSR count). The van der Waals surface area contributed by atoms with E-state index in [9.17, 15) is 0 Å². The van der Waals surface area contributed by atoms with Crippen LogP contribution in [0.5, 0.6) is 0 Å². The van der Waals surface area contributed by atoms with E-state index in [1.807, 2.05) is 6.07 Å². The molecule has 0 fully saturated rings. The van der Waals surface area contributed by atoms with Crippen LogP contribution in [0.3, 0.4) is 0 Å². The number of rotatable bonds is 4. The van der Waals surface area contributed by atoms with Gasteiger partial charge in [0.25, 0.3) is 0 Å². The number of benzene rings is 2. The summed E-state index contributed by atoms with van der Waals surface area (Å²) in [4.78, 5) is 0. The second-order valence-electron chi connectivity index (χ2n) is 4.97. The zero-order valence-corrected chi connectivity index (χ0v) is 12.4. The third-order valence-electron chi connectivity index (χ3n) is 3.12. The van der Waals surface area contributed by atoms with Crippen LogP contribution in [-0.4, -0.2) is 0 Å². The minimum absolute atomic E-state index is 0.0420. The van der Waals surface area contributed by atoms with Gasteiger partial charge in [0.1, 0.15) is 0 Å². The predicted octanol–water partition coefficient (Wildman–Crippen LogP) is 4.47. The molecule has 0 heterocycles. The molecule has 0 aliphatic carbocycles. The fourth-order valence-electron chi connectivity index (χ4n) is 1.90. The van der Waals surface area contributed by atoms with Crippen LogP contribution in [0, 0.1) is 0 Å². The third kappa shape index (κ3) is 3.44. The highest BCUT2D eigenvalue weighted by Gasteiger charge is 2.19. The van der Waals surface area contributed by atoms with Crippen molar-refractivity contribution in [2.45, 2.75) is 25.9 Å². The normalized spacial score (nSPS) is 11.5. The number of hydrogen-bond acceptors (Lipinski definition) is 1. The highest BCUT2D eigenvalue weighted by atomic mass is 79.9. The highest BCUT2D eigenvalue weighted by Crippen LogP contribution is 2.23. The van der Waals surface area contributed by atoms with E-state index in [1.165, 1.54) is 11.1 Å². The van der Waals surface area contributed by atoms with Crippen molar-refractivity contribution in [2.24, 2.45) is 0 Å². The van der Waals surface area contributed by atoms with Crippen LogP contribution >= 0.6 is 15.9 Å². The Morgan fingerprint density at radius 2 is 1.72 bits per heavy atom. The van der Waals surface area contributed by atoms with Crippen molar-refractivity contribution in [3.63, 3.8) is 0 Å². The van der Waals surface area contributed by atoms with Gasteiger partial charge in [-0.15, -0.1) is 0 Å². The standard InChI is InChI=1S/C16H18BrN/c1-16(2,14-9-6-10-15(17)11-14)18-12-13-7-4-3-5-8-13/h3-11,18H,12H2,1-2H3. The molecule has 0 saturated carbocycles. The second kappa shape index (κ2) is 5.68. The van der Waals surface area contributed by atoms with Crippen molar-refractivity contribution in [1.82, 2.24) is 5.32 Å². The van der Waals surface area contributed by atoms with Crippen molar-refractivity contribution in [3.8, 4) is 0 Å². The SMILES string of the molecule is CC(C)(NCc1ccccc1)c1cccc(Br)c1. The zero-order valence-electron chi connectivity index (χ0n) is 10.8. The molecule has 18 heavy (non-hydrogen) atoms. The maximum absolute atomic E-state index is 3.60. The second-order valence-corrected chi connectivity index (χ2v) is 5.89. The van der Waals surface area contributed by atoms with E-state index in [0.29, 0.717) is 0 Å². The van der Waals surface area contributed by atoms with E-state index in [-0.39, 0.29) is 5.54 Å². The molecule has 0 aliphatic heterocycles. The van der Waals surface area contributed by atoms with Crippen LogP contribution in [0.15, 0.2) is 59.1 Å². The topological polar surface area (TPSA) is 12.0 Å². The van der Waals surface area contributed by atoms with Crippen molar-refractivity contribution in [1.29, 1.82) is 0 Å². The molecular weight excluding hydrogens is 286 g/mol. The number of hydrogen-bond donors (Lipinski definition) is 1. The predicted molar refractivity (Wildman–Crippen MR) is 80.4 cm³/mol. The van der Waals surface area contributed by atoms with E-state index in [2.05, 4.69) is 83.6 Å². The summed E-state index contributed by atoms with van der Waals surface area (Å²) < 4.78 is 1.12. The molecule has 0 radical (unpaired) electrons. The molecular formula is C16H18BrN. The molecule has 0 amide bonds. The first-order valence-corrected chi connectivity index (χ1v) is 6.92. The Bertz CT molecular complexity index is 506. The van der Waals surface area contributed by atoms with E-state index in [4.69, 9.17) is 0 Å². The summed E-state index contributed by atoms with van der Waals surface area (Å²) >= 11 is 3.52. The van der Waals surface area contributed by atoms with Gasteiger partial charge in [-0.3, -0.25) is 0 Å². The molecule has 94 valence electrons. The Morgan fingerprint density at radius 3 is 2.39 bits per heavy atom. The largest absolute Gasteiger partial charge is 0.304 e. The minimum Gasteiger partial charge on any atom is -0.304 e. The van der Waals surface area contributed by atoms with Gasteiger partial charge < -0.3 is 5.32 Å². The molecule has 1 nitrogen and oxygen atoms in total. The first-order chi connectivity index (χ1) is 8.58. The van der Waals surface area contributed by atoms with Crippen LogP contribution in [-0.2, 0) is 12.1 Å². The van der Waals surface area contributed by atoms with E-state index < -0.39 is 0 Å². The number of halogens is 1. The van der Waals surface area contributed by atoms with Gasteiger partial charge in [0.15, 0.2) is 0 Å². The van der Waals surface area contributed by atoms with Crippen LogP contribution in [0.2, 0.25) is 0 Å². The van der Waals surface area contributed by atoms with Gasteiger partial charge in [-0.25, -0.2) is 0 Å². The molecule has 2 aromatic carbocycles. The van der Waals surface area contributed by atoms with E-state index in [0.717, 1.165) is 11.0 Å². The molecule has 0 aromatic heterocycles. The summed E-state index contributed by atoms with van der Waals surface area (Å²) in [7, 11) is 0. The lowest BCUT2D eigenvalue weighted by Crippen LogP contribution is -2.35. The lowest BCUT2D eigenvalue weighted by Gasteiger charge is -2.27. The first-order valence-electron chi connectivity index (χ1n) is 6.13. The summed E-state index contributed by atoms with van der Waals surface area (Å²) in [6.45, 7) is 5.29. The number of nitrogens with one attached hydrogen (secondary N) is 1. The third-order valence-corrected chi connectivity index (χ3v) is 3.62. The van der Waals surface area contributed by atoms with Gasteiger partial charge in [0, 0.05) is 16.6 Å². The van der Waals surface area contributed by atoms with Crippen LogP contribution in [0.1, 0.15) is 25.0 Å². The minimum atomic E-state index is -0.0420. The summed E-state index contributed by atoms with van der Waals surface area (Å²) in [6.07, 6.45) is 0. The summed E-state index contributed by atoms with van der Waals surface area (Å²) in [5, 5.41) is 3.60. The molecule has 0 bridgehead atoms. The summed E-state index contributed by atoms with van der Waals surface area (Å²) in [5.41, 5.74) is 2.55. The van der Waals surface area contributed by atoms with Crippen LogP contribution in [0.25, 0.3) is 0 Å². The zero-order chi connectivity index (χ0) is 13.0. The molecule has 2 heteroatoms. The quantitative estimate of drug-likeness (QED) is 0.878. The van der Waals surface area contributed by atoms with Gasteiger partial charge in [0.2, 0.25) is 0 Å². The summed E-state index contributed by atoms with van der Waals surface area (Å²) in [6, 6.07) is 18.9. The Balaban J connectivity index is 2.08. The molecule has 0 aliphatic rings. The van der Waals surface area contributed by atoms with Gasteiger partial charge >= 0.3 is 0 Å². The van der Waals surface area contributed by atoms with Crippen molar-refractivity contribution >= 4 is 15.9 Å². The van der Waals surface area contributed by atoms with Gasteiger partial charge in [-0.05, 0) is 37.1 Å².